The molecule has 0 radical (unpaired) electrons. The van der Waals surface area contributed by atoms with Crippen molar-refractivity contribution >= 4 is 11.0 Å². The number of aromatic nitrogens is 2. The second-order valence-corrected chi connectivity index (χ2v) is 3.27. The second-order valence-electron chi connectivity index (χ2n) is 3.27. The standard InChI is InChI=1S/C10H6F3N3/c11-10(12,13)9-15-7-2-1-6(3-4-14)5-8(7)16-9/h1-2,5H,3H2,(H,15,16). The second kappa shape index (κ2) is 3.52. The van der Waals surface area contributed by atoms with Crippen LogP contribution in [0.5, 0.6) is 0 Å². The van der Waals surface area contributed by atoms with Gasteiger partial charge in [0.05, 0.1) is 23.5 Å². The molecule has 1 N–H and O–H groups in total. The molecule has 0 amide bonds. The highest BCUT2D eigenvalue weighted by atomic mass is 19.4. The number of aromatic amines is 1. The Morgan fingerprint density at radius 3 is 2.75 bits per heavy atom. The Morgan fingerprint density at radius 2 is 2.12 bits per heavy atom. The van der Waals surface area contributed by atoms with Crippen LogP contribution in [0.4, 0.5) is 13.2 Å². The summed E-state index contributed by atoms with van der Waals surface area (Å²) < 4.78 is 37.0. The van der Waals surface area contributed by atoms with Crippen LogP contribution < -0.4 is 0 Å². The van der Waals surface area contributed by atoms with Crippen LogP contribution in [0.15, 0.2) is 18.2 Å². The molecule has 6 heteroatoms. The van der Waals surface area contributed by atoms with E-state index in [-0.39, 0.29) is 11.9 Å². The van der Waals surface area contributed by atoms with Crippen molar-refractivity contribution in [2.75, 3.05) is 0 Å². The topological polar surface area (TPSA) is 52.5 Å². The molecule has 0 aliphatic rings. The molecule has 2 rings (SSSR count). The maximum atomic E-state index is 12.3. The molecule has 0 aliphatic heterocycles. The number of imidazole rings is 1. The van der Waals surface area contributed by atoms with Crippen LogP contribution in [0.1, 0.15) is 11.4 Å². The van der Waals surface area contributed by atoms with Crippen molar-refractivity contribution < 1.29 is 13.2 Å². The Labute approximate surface area is 88.5 Å². The molecule has 1 heterocycles. The van der Waals surface area contributed by atoms with Crippen molar-refractivity contribution in [1.82, 2.24) is 9.97 Å². The first-order valence-corrected chi connectivity index (χ1v) is 4.43. The van der Waals surface area contributed by atoms with Crippen LogP contribution in [-0.2, 0) is 12.6 Å². The Morgan fingerprint density at radius 1 is 1.38 bits per heavy atom. The molecular weight excluding hydrogens is 219 g/mol. The van der Waals surface area contributed by atoms with Gasteiger partial charge in [-0.2, -0.15) is 18.4 Å². The number of rotatable bonds is 1. The lowest BCUT2D eigenvalue weighted by atomic mass is 10.1. The third-order valence-corrected chi connectivity index (χ3v) is 2.10. The van der Waals surface area contributed by atoms with Crippen molar-refractivity contribution in [3.05, 3.63) is 29.6 Å². The first-order valence-electron chi connectivity index (χ1n) is 4.43. The van der Waals surface area contributed by atoms with Crippen LogP contribution in [0.2, 0.25) is 0 Å². The molecule has 0 spiro atoms. The van der Waals surface area contributed by atoms with E-state index in [9.17, 15) is 13.2 Å². The highest BCUT2D eigenvalue weighted by molar-refractivity contribution is 5.76. The van der Waals surface area contributed by atoms with Crippen LogP contribution in [-0.4, -0.2) is 9.97 Å². The fourth-order valence-corrected chi connectivity index (χ4v) is 1.39. The van der Waals surface area contributed by atoms with E-state index < -0.39 is 12.0 Å². The number of hydrogen-bond acceptors (Lipinski definition) is 2. The summed E-state index contributed by atoms with van der Waals surface area (Å²) in [5.41, 5.74) is 1.20. The summed E-state index contributed by atoms with van der Waals surface area (Å²) in [5, 5.41) is 8.47. The van der Waals surface area contributed by atoms with Gasteiger partial charge in [-0.05, 0) is 17.7 Å². The van der Waals surface area contributed by atoms with E-state index in [4.69, 9.17) is 5.26 Å². The van der Waals surface area contributed by atoms with Crippen molar-refractivity contribution in [3.8, 4) is 6.07 Å². The largest absolute Gasteiger partial charge is 0.449 e. The zero-order valence-electron chi connectivity index (χ0n) is 7.97. The Hall–Kier alpha value is -2.03. The van der Waals surface area contributed by atoms with Gasteiger partial charge in [0, 0.05) is 0 Å². The first kappa shape index (κ1) is 10.5. The summed E-state index contributed by atoms with van der Waals surface area (Å²) in [6.45, 7) is 0. The van der Waals surface area contributed by atoms with Gasteiger partial charge in [0.15, 0.2) is 0 Å². The third-order valence-electron chi connectivity index (χ3n) is 2.10. The van der Waals surface area contributed by atoms with Crippen LogP contribution in [0, 0.1) is 11.3 Å². The van der Waals surface area contributed by atoms with Gasteiger partial charge in [-0.1, -0.05) is 6.07 Å². The lowest BCUT2D eigenvalue weighted by molar-refractivity contribution is -0.144. The quantitative estimate of drug-likeness (QED) is 0.811. The molecule has 0 saturated heterocycles. The number of nitriles is 1. The van der Waals surface area contributed by atoms with Gasteiger partial charge in [-0.3, -0.25) is 0 Å². The average Bonchev–Trinajstić information content (AvgIpc) is 2.60. The van der Waals surface area contributed by atoms with Gasteiger partial charge in [0.1, 0.15) is 0 Å². The fourth-order valence-electron chi connectivity index (χ4n) is 1.39. The summed E-state index contributed by atoms with van der Waals surface area (Å²) in [6.07, 6.45) is -4.31. The zero-order valence-corrected chi connectivity index (χ0v) is 7.97. The molecule has 3 nitrogen and oxygen atoms in total. The van der Waals surface area contributed by atoms with Gasteiger partial charge in [-0.15, -0.1) is 0 Å². The van der Waals surface area contributed by atoms with Gasteiger partial charge < -0.3 is 4.98 Å². The molecule has 0 fully saturated rings. The summed E-state index contributed by atoms with van der Waals surface area (Å²) in [5.74, 6) is -1.02. The summed E-state index contributed by atoms with van der Waals surface area (Å²) in [4.78, 5) is 5.61. The average molecular weight is 225 g/mol. The van der Waals surface area contributed by atoms with Crippen molar-refractivity contribution in [2.24, 2.45) is 0 Å². The van der Waals surface area contributed by atoms with Crippen LogP contribution in [0.3, 0.4) is 0 Å². The predicted octanol–water partition coefficient (Wildman–Crippen LogP) is 2.65. The van der Waals surface area contributed by atoms with Crippen LogP contribution >= 0.6 is 0 Å². The molecule has 82 valence electrons. The third kappa shape index (κ3) is 1.84. The number of H-pyrrole nitrogens is 1. The Bertz CT molecular complexity index is 563. The zero-order chi connectivity index (χ0) is 11.8. The maximum absolute atomic E-state index is 12.3. The van der Waals surface area contributed by atoms with E-state index in [0.717, 1.165) is 0 Å². The van der Waals surface area contributed by atoms with E-state index in [2.05, 4.69) is 9.97 Å². The minimum atomic E-state index is -4.48. The SMILES string of the molecule is N#CCc1ccc2nc(C(F)(F)F)[nH]c2c1. The van der Waals surface area contributed by atoms with Gasteiger partial charge >= 0.3 is 6.18 Å². The van der Waals surface area contributed by atoms with Crippen molar-refractivity contribution in [2.45, 2.75) is 12.6 Å². The molecule has 0 saturated carbocycles. The minimum absolute atomic E-state index is 0.163. The summed E-state index contributed by atoms with van der Waals surface area (Å²) in [7, 11) is 0. The van der Waals surface area contributed by atoms with E-state index in [0.29, 0.717) is 11.1 Å². The highest BCUT2D eigenvalue weighted by Crippen LogP contribution is 2.28. The number of halogens is 3. The van der Waals surface area contributed by atoms with Crippen LogP contribution in [0.25, 0.3) is 11.0 Å². The van der Waals surface area contributed by atoms with E-state index >= 15 is 0 Å². The smallest absolute Gasteiger partial charge is 0.334 e. The summed E-state index contributed by atoms with van der Waals surface area (Å²) in [6, 6.07) is 6.49. The summed E-state index contributed by atoms with van der Waals surface area (Å²) >= 11 is 0. The number of nitrogens with zero attached hydrogens (tertiary/aromatic N) is 2. The van der Waals surface area contributed by atoms with E-state index in [1.165, 1.54) is 12.1 Å². The predicted molar refractivity (Wildman–Crippen MR) is 50.4 cm³/mol. The highest BCUT2D eigenvalue weighted by Gasteiger charge is 2.34. The fraction of sp³-hybridized carbons (Fsp3) is 0.200. The molecule has 0 bridgehead atoms. The molecule has 16 heavy (non-hydrogen) atoms. The number of nitrogens with one attached hydrogen (secondary N) is 1. The van der Waals surface area contributed by atoms with Gasteiger partial charge in [-0.25, -0.2) is 4.98 Å². The first-order chi connectivity index (χ1) is 7.50. The maximum Gasteiger partial charge on any atom is 0.449 e. The lowest BCUT2D eigenvalue weighted by Crippen LogP contribution is -2.06. The molecule has 2 aromatic rings. The molecule has 0 unspecified atom stereocenters. The Balaban J connectivity index is 2.51. The molecule has 1 aromatic carbocycles. The number of benzene rings is 1. The van der Waals surface area contributed by atoms with Gasteiger partial charge in [0.25, 0.3) is 0 Å². The lowest BCUT2D eigenvalue weighted by Gasteiger charge is -1.99. The normalized spacial score (nSPS) is 11.6. The molecule has 0 atom stereocenters. The van der Waals surface area contributed by atoms with Crippen molar-refractivity contribution in [3.63, 3.8) is 0 Å². The Kier molecular flexibility index (Phi) is 2.31. The number of fused-ring (bicyclic) bond motifs is 1. The molecule has 1 aromatic heterocycles. The number of hydrogen-bond donors (Lipinski definition) is 1. The van der Waals surface area contributed by atoms with E-state index in [1.54, 1.807) is 6.07 Å². The monoisotopic (exact) mass is 225 g/mol. The van der Waals surface area contributed by atoms with Crippen molar-refractivity contribution in [1.29, 1.82) is 5.26 Å². The van der Waals surface area contributed by atoms with Gasteiger partial charge in [0.2, 0.25) is 5.82 Å². The molecular formula is C10H6F3N3. The number of alkyl halides is 3. The van der Waals surface area contributed by atoms with E-state index in [1.807, 2.05) is 6.07 Å². The molecule has 0 aliphatic carbocycles. The minimum Gasteiger partial charge on any atom is -0.334 e.